The normalized spacial score (nSPS) is 13.5. The van der Waals surface area contributed by atoms with Crippen molar-refractivity contribution in [3.63, 3.8) is 0 Å². The minimum atomic E-state index is -1.44. The predicted octanol–water partition coefficient (Wildman–Crippen LogP) is 2.85. The number of aliphatic hydroxyl groups excluding tert-OH is 1. The van der Waals surface area contributed by atoms with Gasteiger partial charge in [0.15, 0.2) is 11.6 Å². The van der Waals surface area contributed by atoms with E-state index in [-0.39, 0.29) is 24.6 Å². The quantitative estimate of drug-likeness (QED) is 0.860. The number of aromatic nitrogens is 1. The highest BCUT2D eigenvalue weighted by molar-refractivity contribution is 5.29. The Hall–Kier alpha value is -1.30. The van der Waals surface area contributed by atoms with Crippen molar-refractivity contribution in [1.29, 1.82) is 0 Å². The number of pyridine rings is 1. The van der Waals surface area contributed by atoms with E-state index in [0.717, 1.165) is 0 Å². The molecule has 19 heavy (non-hydrogen) atoms. The maximum atomic E-state index is 14.1. The zero-order valence-electron chi connectivity index (χ0n) is 11.4. The highest BCUT2D eigenvalue weighted by atomic mass is 19.2. The van der Waals surface area contributed by atoms with E-state index < -0.39 is 28.9 Å². The van der Waals surface area contributed by atoms with Crippen molar-refractivity contribution in [1.82, 2.24) is 4.98 Å². The van der Waals surface area contributed by atoms with Crippen molar-refractivity contribution in [2.45, 2.75) is 39.7 Å². The first-order valence-electron chi connectivity index (χ1n) is 5.99. The van der Waals surface area contributed by atoms with E-state index in [1.165, 1.54) is 0 Å². The Morgan fingerprint density at radius 2 is 1.79 bits per heavy atom. The molecule has 0 radical (unpaired) electrons. The number of ether oxygens (including phenoxy) is 1. The zero-order chi connectivity index (χ0) is 14.8. The molecule has 0 aliphatic rings. The SMILES string of the molecule is C[C@H](CO)Cc1nc(F)c(F)c(OC(C)(C)C)c1F. The molecule has 1 atom stereocenters. The Balaban J connectivity index is 3.22. The molecule has 108 valence electrons. The van der Waals surface area contributed by atoms with Crippen LogP contribution < -0.4 is 4.74 Å². The monoisotopic (exact) mass is 277 g/mol. The van der Waals surface area contributed by atoms with E-state index in [1.54, 1.807) is 27.7 Å². The van der Waals surface area contributed by atoms with Crippen molar-refractivity contribution in [3.8, 4) is 5.75 Å². The van der Waals surface area contributed by atoms with E-state index >= 15 is 0 Å². The number of aliphatic hydroxyl groups is 1. The Kier molecular flexibility index (Phi) is 4.79. The van der Waals surface area contributed by atoms with Gasteiger partial charge in [-0.15, -0.1) is 0 Å². The van der Waals surface area contributed by atoms with Crippen molar-refractivity contribution >= 4 is 0 Å². The minimum absolute atomic E-state index is 0.0000359. The summed E-state index contributed by atoms with van der Waals surface area (Å²) in [5.74, 6) is -4.93. The summed E-state index contributed by atoms with van der Waals surface area (Å²) < 4.78 is 46.1. The van der Waals surface area contributed by atoms with Crippen LogP contribution in [-0.4, -0.2) is 22.3 Å². The van der Waals surface area contributed by atoms with Gasteiger partial charge in [0.05, 0.1) is 5.69 Å². The van der Waals surface area contributed by atoms with Crippen LogP contribution in [0.15, 0.2) is 0 Å². The van der Waals surface area contributed by atoms with Crippen LogP contribution >= 0.6 is 0 Å². The highest BCUT2D eigenvalue weighted by Crippen LogP contribution is 2.29. The Morgan fingerprint density at radius 1 is 1.21 bits per heavy atom. The summed E-state index contributed by atoms with van der Waals surface area (Å²) in [7, 11) is 0. The molecule has 0 bridgehead atoms. The van der Waals surface area contributed by atoms with Crippen LogP contribution in [0.3, 0.4) is 0 Å². The lowest BCUT2D eigenvalue weighted by Crippen LogP contribution is -2.25. The summed E-state index contributed by atoms with van der Waals surface area (Å²) in [5, 5.41) is 8.92. The second-order valence-electron chi connectivity index (χ2n) is 5.51. The van der Waals surface area contributed by atoms with Crippen LogP contribution in [0.1, 0.15) is 33.4 Å². The standard InChI is InChI=1S/C13H18F3NO2/c1-7(6-18)5-8-9(14)11(19-13(2,3)4)10(15)12(16)17-8/h7,18H,5-6H2,1-4H3/t7-/m0/s1. The molecule has 0 fully saturated rings. The fraction of sp³-hybridized carbons (Fsp3) is 0.615. The molecule has 0 unspecified atom stereocenters. The first-order chi connectivity index (χ1) is 8.65. The van der Waals surface area contributed by atoms with Gasteiger partial charge in [0, 0.05) is 6.61 Å². The van der Waals surface area contributed by atoms with E-state index in [9.17, 15) is 13.2 Å². The van der Waals surface area contributed by atoms with Gasteiger partial charge in [0.25, 0.3) is 5.95 Å². The van der Waals surface area contributed by atoms with E-state index in [0.29, 0.717) is 0 Å². The van der Waals surface area contributed by atoms with Crippen LogP contribution in [0.25, 0.3) is 0 Å². The fourth-order valence-electron chi connectivity index (χ4n) is 1.46. The topological polar surface area (TPSA) is 42.4 Å². The van der Waals surface area contributed by atoms with Gasteiger partial charge in [-0.05, 0) is 33.1 Å². The molecular formula is C13H18F3NO2. The van der Waals surface area contributed by atoms with Crippen molar-refractivity contribution in [3.05, 3.63) is 23.3 Å². The Bertz CT molecular complexity index is 458. The molecule has 0 saturated heterocycles. The maximum absolute atomic E-state index is 14.1. The number of nitrogens with zero attached hydrogens (tertiary/aromatic N) is 1. The van der Waals surface area contributed by atoms with Gasteiger partial charge in [-0.25, -0.2) is 9.37 Å². The van der Waals surface area contributed by atoms with Crippen LogP contribution in [0.2, 0.25) is 0 Å². The van der Waals surface area contributed by atoms with Gasteiger partial charge in [-0.1, -0.05) is 6.92 Å². The van der Waals surface area contributed by atoms with E-state index in [4.69, 9.17) is 9.84 Å². The molecule has 1 rings (SSSR count). The molecule has 3 nitrogen and oxygen atoms in total. The Morgan fingerprint density at radius 3 is 2.26 bits per heavy atom. The van der Waals surface area contributed by atoms with Gasteiger partial charge in [-0.2, -0.15) is 8.78 Å². The summed E-state index contributed by atoms with van der Waals surface area (Å²) in [6.07, 6.45) is 0.0000359. The molecule has 6 heteroatoms. The molecule has 0 aliphatic carbocycles. The van der Waals surface area contributed by atoms with Crippen molar-refractivity contribution < 1.29 is 23.0 Å². The van der Waals surface area contributed by atoms with Crippen molar-refractivity contribution in [2.24, 2.45) is 5.92 Å². The van der Waals surface area contributed by atoms with E-state index in [1.807, 2.05) is 0 Å². The number of hydrogen-bond acceptors (Lipinski definition) is 3. The van der Waals surface area contributed by atoms with Gasteiger partial charge in [0.1, 0.15) is 5.60 Å². The van der Waals surface area contributed by atoms with Gasteiger partial charge in [-0.3, -0.25) is 0 Å². The van der Waals surface area contributed by atoms with Crippen LogP contribution in [-0.2, 0) is 6.42 Å². The molecule has 0 aliphatic heterocycles. The molecule has 1 aromatic heterocycles. The number of hydrogen-bond donors (Lipinski definition) is 1. The average molecular weight is 277 g/mol. The molecular weight excluding hydrogens is 259 g/mol. The van der Waals surface area contributed by atoms with Gasteiger partial charge >= 0.3 is 0 Å². The molecule has 0 amide bonds. The Labute approximate surface area is 110 Å². The average Bonchev–Trinajstić information content (AvgIpc) is 2.30. The molecule has 1 N–H and O–H groups in total. The third-order valence-electron chi connectivity index (χ3n) is 2.33. The molecule has 0 saturated carbocycles. The number of halogens is 3. The van der Waals surface area contributed by atoms with Crippen LogP contribution in [0, 0.1) is 23.5 Å². The third-order valence-corrected chi connectivity index (χ3v) is 2.33. The summed E-state index contributed by atoms with van der Waals surface area (Å²) in [5.41, 5.74) is -1.12. The fourth-order valence-corrected chi connectivity index (χ4v) is 1.46. The van der Waals surface area contributed by atoms with Crippen LogP contribution in [0.4, 0.5) is 13.2 Å². The smallest absolute Gasteiger partial charge is 0.253 e. The summed E-state index contributed by atoms with van der Waals surface area (Å²) in [6.45, 7) is 6.24. The number of rotatable bonds is 4. The lowest BCUT2D eigenvalue weighted by atomic mass is 10.1. The lowest BCUT2D eigenvalue weighted by molar-refractivity contribution is 0.114. The first-order valence-corrected chi connectivity index (χ1v) is 5.99. The second-order valence-corrected chi connectivity index (χ2v) is 5.51. The second kappa shape index (κ2) is 5.77. The molecule has 0 spiro atoms. The highest BCUT2D eigenvalue weighted by Gasteiger charge is 2.26. The maximum Gasteiger partial charge on any atom is 0.253 e. The molecule has 0 aromatic carbocycles. The zero-order valence-corrected chi connectivity index (χ0v) is 11.4. The third kappa shape index (κ3) is 4.09. The van der Waals surface area contributed by atoms with Gasteiger partial charge < -0.3 is 9.84 Å². The minimum Gasteiger partial charge on any atom is -0.482 e. The largest absolute Gasteiger partial charge is 0.482 e. The first kappa shape index (κ1) is 15.8. The summed E-state index contributed by atoms with van der Waals surface area (Å²) in [6, 6.07) is 0. The lowest BCUT2D eigenvalue weighted by Gasteiger charge is -2.22. The van der Waals surface area contributed by atoms with Crippen molar-refractivity contribution in [2.75, 3.05) is 6.61 Å². The van der Waals surface area contributed by atoms with Gasteiger partial charge in [0.2, 0.25) is 5.82 Å². The van der Waals surface area contributed by atoms with E-state index in [2.05, 4.69) is 4.98 Å². The summed E-state index contributed by atoms with van der Waals surface area (Å²) in [4.78, 5) is 3.24. The molecule has 1 aromatic rings. The summed E-state index contributed by atoms with van der Waals surface area (Å²) >= 11 is 0. The predicted molar refractivity (Wildman–Crippen MR) is 64.4 cm³/mol. The van der Waals surface area contributed by atoms with Crippen LogP contribution in [0.5, 0.6) is 5.75 Å². The molecule has 1 heterocycles.